The molecule has 0 unspecified atom stereocenters. The van der Waals surface area contributed by atoms with E-state index in [0.717, 1.165) is 0 Å². The first kappa shape index (κ1) is 17.8. The monoisotopic (exact) mass is 341 g/mol. The van der Waals surface area contributed by atoms with Crippen molar-refractivity contribution >= 4 is 11.5 Å². The summed E-state index contributed by atoms with van der Waals surface area (Å²) in [6, 6.07) is 7.42. The predicted molar refractivity (Wildman–Crippen MR) is 90.3 cm³/mol. The van der Waals surface area contributed by atoms with E-state index in [2.05, 4.69) is 11.8 Å². The van der Waals surface area contributed by atoms with E-state index in [1.165, 1.54) is 26.4 Å². The van der Waals surface area contributed by atoms with Crippen LogP contribution in [0.15, 0.2) is 30.3 Å². The Hall–Kier alpha value is -3.53. The second-order valence-electron chi connectivity index (χ2n) is 5.09. The van der Waals surface area contributed by atoms with E-state index < -0.39 is 22.1 Å². The molecule has 128 valence electrons. The summed E-state index contributed by atoms with van der Waals surface area (Å²) in [5.41, 5.74) is 0.226. The summed E-state index contributed by atoms with van der Waals surface area (Å²) in [7, 11) is 2.98. The molecule has 2 aromatic rings. The van der Waals surface area contributed by atoms with E-state index in [-0.39, 0.29) is 5.56 Å². The highest BCUT2D eigenvalue weighted by molar-refractivity contribution is 6.11. The van der Waals surface area contributed by atoms with E-state index in [0.29, 0.717) is 22.6 Å². The zero-order valence-corrected chi connectivity index (χ0v) is 13.8. The van der Waals surface area contributed by atoms with Gasteiger partial charge in [0.05, 0.1) is 24.7 Å². The van der Waals surface area contributed by atoms with Gasteiger partial charge in [-0.2, -0.15) is 0 Å². The van der Waals surface area contributed by atoms with Gasteiger partial charge in [-0.1, -0.05) is 5.92 Å². The molecule has 7 nitrogen and oxygen atoms in total. The Morgan fingerprint density at radius 3 is 2.44 bits per heavy atom. The number of Topliss-reactive ketones (excluding diaryl/α,β-unsaturated/α-hetero) is 1. The van der Waals surface area contributed by atoms with Crippen molar-refractivity contribution in [2.24, 2.45) is 0 Å². The average Bonchev–Trinajstić information content (AvgIpc) is 2.60. The molecule has 0 aromatic heterocycles. The first-order valence-electron chi connectivity index (χ1n) is 7.13. The van der Waals surface area contributed by atoms with Gasteiger partial charge in [-0.15, -0.1) is 0 Å². The molecule has 7 heteroatoms. The van der Waals surface area contributed by atoms with Crippen LogP contribution in [0.25, 0.3) is 0 Å². The van der Waals surface area contributed by atoms with Gasteiger partial charge < -0.3 is 14.6 Å². The van der Waals surface area contributed by atoms with Crippen LogP contribution in [-0.2, 0) is 0 Å². The van der Waals surface area contributed by atoms with Crippen LogP contribution >= 0.6 is 0 Å². The smallest absolute Gasteiger partial charge is 0.311 e. The average molecular weight is 341 g/mol. The lowest BCUT2D eigenvalue weighted by atomic mass is 10.0. The molecule has 0 saturated heterocycles. The number of hydrogen-bond acceptors (Lipinski definition) is 6. The number of hydrogen-bond donors (Lipinski definition) is 1. The van der Waals surface area contributed by atoms with Gasteiger partial charge in [0.2, 0.25) is 11.5 Å². The molecule has 0 aliphatic heterocycles. The van der Waals surface area contributed by atoms with E-state index >= 15 is 0 Å². The van der Waals surface area contributed by atoms with E-state index in [1.54, 1.807) is 25.1 Å². The van der Waals surface area contributed by atoms with Crippen molar-refractivity contribution in [3.63, 3.8) is 0 Å². The summed E-state index contributed by atoms with van der Waals surface area (Å²) in [4.78, 5) is 22.4. The highest BCUT2D eigenvalue weighted by atomic mass is 16.6. The number of phenolic OH excluding ortho intramolecular Hbond substituents is 1. The van der Waals surface area contributed by atoms with Gasteiger partial charge in [0.1, 0.15) is 0 Å². The fraction of sp³-hybridized carbons (Fsp3) is 0.167. The molecule has 0 spiro atoms. The fourth-order valence-electron chi connectivity index (χ4n) is 2.18. The van der Waals surface area contributed by atoms with Crippen molar-refractivity contribution in [1.29, 1.82) is 0 Å². The summed E-state index contributed by atoms with van der Waals surface area (Å²) < 4.78 is 10.3. The lowest BCUT2D eigenvalue weighted by Gasteiger charge is -2.06. The third-order valence-corrected chi connectivity index (χ3v) is 3.38. The van der Waals surface area contributed by atoms with Gasteiger partial charge in [0.15, 0.2) is 11.5 Å². The van der Waals surface area contributed by atoms with Crippen molar-refractivity contribution in [2.45, 2.75) is 6.92 Å². The van der Waals surface area contributed by atoms with Gasteiger partial charge in [-0.05, 0) is 42.7 Å². The number of aromatic hydroxyl groups is 1. The molecule has 25 heavy (non-hydrogen) atoms. The maximum atomic E-state index is 12.2. The van der Waals surface area contributed by atoms with E-state index in [9.17, 15) is 20.0 Å². The Balaban J connectivity index is 2.39. The largest absolute Gasteiger partial charge is 0.502 e. The van der Waals surface area contributed by atoms with Gasteiger partial charge in [0, 0.05) is 11.6 Å². The van der Waals surface area contributed by atoms with E-state index in [1.807, 2.05) is 0 Å². The van der Waals surface area contributed by atoms with Gasteiger partial charge in [-0.25, -0.2) is 0 Å². The number of methoxy groups -OCH3 is 2. The molecule has 2 rings (SSSR count). The topological polar surface area (TPSA) is 98.9 Å². The quantitative estimate of drug-likeness (QED) is 0.397. The van der Waals surface area contributed by atoms with Crippen LogP contribution in [0, 0.1) is 28.9 Å². The number of carbonyl (C=O) groups excluding carboxylic acids is 1. The lowest BCUT2D eigenvalue weighted by Crippen LogP contribution is -2.00. The fourth-order valence-corrected chi connectivity index (χ4v) is 2.18. The first-order chi connectivity index (χ1) is 11.9. The van der Waals surface area contributed by atoms with Crippen LogP contribution in [0.4, 0.5) is 5.69 Å². The number of carbonyl (C=O) groups is 1. The molecular formula is C18H15NO6. The summed E-state index contributed by atoms with van der Waals surface area (Å²) >= 11 is 0. The molecule has 0 heterocycles. The van der Waals surface area contributed by atoms with Crippen molar-refractivity contribution < 1.29 is 24.3 Å². The van der Waals surface area contributed by atoms with Crippen LogP contribution < -0.4 is 9.47 Å². The zero-order valence-electron chi connectivity index (χ0n) is 13.8. The lowest BCUT2D eigenvalue weighted by molar-refractivity contribution is -0.385. The molecule has 2 aromatic carbocycles. The molecule has 0 saturated carbocycles. The predicted octanol–water partition coefficient (Wildman–Crippen LogP) is 2.86. The highest BCUT2D eigenvalue weighted by Crippen LogP contribution is 2.31. The second-order valence-corrected chi connectivity index (χ2v) is 5.09. The number of nitro benzene ring substituents is 1. The Labute approximate surface area is 144 Å². The van der Waals surface area contributed by atoms with Crippen molar-refractivity contribution in [3.05, 3.63) is 57.1 Å². The maximum absolute atomic E-state index is 12.2. The number of nitrogens with zero attached hydrogens (tertiary/aromatic N) is 1. The molecular weight excluding hydrogens is 326 g/mol. The number of aryl methyl sites for hydroxylation is 1. The molecule has 0 fully saturated rings. The first-order valence-corrected chi connectivity index (χ1v) is 7.13. The number of benzene rings is 2. The summed E-state index contributed by atoms with van der Waals surface area (Å²) in [6.07, 6.45) is 0. The highest BCUT2D eigenvalue weighted by Gasteiger charge is 2.21. The molecule has 0 aliphatic carbocycles. The van der Waals surface area contributed by atoms with Crippen LogP contribution in [0.2, 0.25) is 0 Å². The Bertz CT molecular complexity index is 908. The van der Waals surface area contributed by atoms with Crippen molar-refractivity contribution in [2.75, 3.05) is 14.2 Å². The number of nitro groups is 1. The molecule has 0 bridgehead atoms. The molecule has 0 aliphatic rings. The van der Waals surface area contributed by atoms with E-state index in [4.69, 9.17) is 9.47 Å². The van der Waals surface area contributed by atoms with Crippen molar-refractivity contribution in [1.82, 2.24) is 0 Å². The van der Waals surface area contributed by atoms with Gasteiger partial charge in [0.25, 0.3) is 0 Å². The Kier molecular flexibility index (Phi) is 5.25. The minimum atomic E-state index is -0.749. The number of ether oxygens (including phenoxy) is 2. The third-order valence-electron chi connectivity index (χ3n) is 3.38. The maximum Gasteiger partial charge on any atom is 0.311 e. The SMILES string of the molecule is COc1ccc(C#CC(=O)c2cc(C)cc([N+](=O)[O-])c2O)cc1OC. The Morgan fingerprint density at radius 2 is 1.84 bits per heavy atom. The summed E-state index contributed by atoms with van der Waals surface area (Å²) in [5.74, 6) is 4.58. The van der Waals surface area contributed by atoms with Crippen molar-refractivity contribution in [3.8, 4) is 29.1 Å². The molecule has 0 atom stereocenters. The van der Waals surface area contributed by atoms with Gasteiger partial charge >= 0.3 is 5.69 Å². The Morgan fingerprint density at radius 1 is 1.16 bits per heavy atom. The number of ketones is 1. The normalized spacial score (nSPS) is 9.72. The van der Waals surface area contributed by atoms with Crippen LogP contribution in [0.5, 0.6) is 17.2 Å². The third kappa shape index (κ3) is 3.87. The summed E-state index contributed by atoms with van der Waals surface area (Å²) in [6.45, 7) is 1.59. The minimum Gasteiger partial charge on any atom is -0.502 e. The standard InChI is InChI=1S/C18H15NO6/c1-11-8-13(18(21)14(9-11)19(22)23)15(20)6-4-12-5-7-16(24-2)17(10-12)25-3/h5,7-10,21H,1-3H3. The molecule has 1 N–H and O–H groups in total. The number of phenols is 1. The van der Waals surface area contributed by atoms with Gasteiger partial charge in [-0.3, -0.25) is 14.9 Å². The number of rotatable bonds is 4. The summed E-state index contributed by atoms with van der Waals surface area (Å²) in [5, 5.41) is 20.9. The van der Waals surface area contributed by atoms with Crippen LogP contribution in [0.1, 0.15) is 21.5 Å². The molecule has 0 amide bonds. The van der Waals surface area contributed by atoms with Crippen LogP contribution in [0.3, 0.4) is 0 Å². The minimum absolute atomic E-state index is 0.209. The molecule has 0 radical (unpaired) electrons. The zero-order chi connectivity index (χ0) is 18.6. The second kappa shape index (κ2) is 7.36. The van der Waals surface area contributed by atoms with Crippen LogP contribution in [-0.4, -0.2) is 30.0 Å².